The highest BCUT2D eigenvalue weighted by Gasteiger charge is 2.08. The average Bonchev–Trinajstić information content (AvgIpc) is 2.52. The standard InChI is InChI=1S/C16H11Cl2NO4/c17-14-5-2-6-15(18)13(14)10-23-16(20)8-7-11-3-1-4-12(9-11)19(21)22/h1-9H,10H2/b8-7+. The summed E-state index contributed by atoms with van der Waals surface area (Å²) in [7, 11) is 0. The Hall–Kier alpha value is -2.37. The van der Waals surface area contributed by atoms with Crippen LogP contribution in [0.1, 0.15) is 11.1 Å². The van der Waals surface area contributed by atoms with Crippen LogP contribution >= 0.6 is 23.2 Å². The number of halogens is 2. The number of nitro groups is 1. The lowest BCUT2D eigenvalue weighted by atomic mass is 10.2. The molecule has 2 aromatic rings. The first-order chi connectivity index (χ1) is 11.0. The lowest BCUT2D eigenvalue weighted by Crippen LogP contribution is -2.01. The zero-order valence-electron chi connectivity index (χ0n) is 11.7. The third kappa shape index (κ3) is 4.81. The maximum atomic E-state index is 11.7. The molecular weight excluding hydrogens is 341 g/mol. The Kier molecular flexibility index (Phi) is 5.73. The van der Waals surface area contributed by atoms with Crippen LogP contribution in [0.25, 0.3) is 6.08 Å². The molecule has 0 bridgehead atoms. The number of rotatable bonds is 5. The van der Waals surface area contributed by atoms with E-state index in [1.807, 2.05) is 0 Å². The second-order valence-corrected chi connectivity index (χ2v) is 5.31. The molecule has 0 aliphatic rings. The molecule has 0 aliphatic heterocycles. The number of non-ortho nitro benzene ring substituents is 1. The molecule has 0 heterocycles. The molecule has 0 atom stereocenters. The van der Waals surface area contributed by atoms with Crippen LogP contribution in [0.5, 0.6) is 0 Å². The van der Waals surface area contributed by atoms with Gasteiger partial charge < -0.3 is 4.74 Å². The van der Waals surface area contributed by atoms with E-state index in [4.69, 9.17) is 27.9 Å². The maximum Gasteiger partial charge on any atom is 0.331 e. The molecule has 23 heavy (non-hydrogen) atoms. The summed E-state index contributed by atoms with van der Waals surface area (Å²) in [4.78, 5) is 21.9. The van der Waals surface area contributed by atoms with Crippen molar-refractivity contribution >= 4 is 40.9 Å². The fraction of sp³-hybridized carbons (Fsp3) is 0.0625. The van der Waals surface area contributed by atoms with Crippen molar-refractivity contribution in [2.24, 2.45) is 0 Å². The van der Waals surface area contributed by atoms with Crippen molar-refractivity contribution < 1.29 is 14.5 Å². The highest BCUT2D eigenvalue weighted by Crippen LogP contribution is 2.25. The summed E-state index contributed by atoms with van der Waals surface area (Å²) >= 11 is 12.0. The maximum absolute atomic E-state index is 11.7. The van der Waals surface area contributed by atoms with Crippen LogP contribution in [0.15, 0.2) is 48.5 Å². The molecule has 2 rings (SSSR count). The van der Waals surface area contributed by atoms with E-state index in [-0.39, 0.29) is 12.3 Å². The predicted molar refractivity (Wildman–Crippen MR) is 88.4 cm³/mol. The van der Waals surface area contributed by atoms with Crippen molar-refractivity contribution in [3.8, 4) is 0 Å². The molecule has 118 valence electrons. The van der Waals surface area contributed by atoms with E-state index in [0.717, 1.165) is 0 Å². The first-order valence-electron chi connectivity index (χ1n) is 6.49. The van der Waals surface area contributed by atoms with E-state index in [1.54, 1.807) is 24.3 Å². The minimum absolute atomic E-state index is 0.0524. The van der Waals surface area contributed by atoms with Gasteiger partial charge in [0.2, 0.25) is 0 Å². The Balaban J connectivity index is 1.99. The molecule has 0 saturated carbocycles. The highest BCUT2D eigenvalue weighted by atomic mass is 35.5. The summed E-state index contributed by atoms with van der Waals surface area (Å²) in [5.41, 5.74) is 0.989. The van der Waals surface area contributed by atoms with E-state index in [1.165, 1.54) is 30.4 Å². The molecule has 0 unspecified atom stereocenters. The number of nitrogens with zero attached hydrogens (tertiary/aromatic N) is 1. The van der Waals surface area contributed by atoms with Gasteiger partial charge in [-0.1, -0.05) is 41.4 Å². The van der Waals surface area contributed by atoms with Crippen molar-refractivity contribution in [2.75, 3.05) is 0 Å². The van der Waals surface area contributed by atoms with E-state index in [2.05, 4.69) is 0 Å². The fourth-order valence-corrected chi connectivity index (χ4v) is 2.27. The molecule has 0 fully saturated rings. The highest BCUT2D eigenvalue weighted by molar-refractivity contribution is 6.35. The van der Waals surface area contributed by atoms with Gasteiger partial charge in [-0.25, -0.2) is 4.79 Å². The average molecular weight is 352 g/mol. The summed E-state index contributed by atoms with van der Waals surface area (Å²) in [6.07, 6.45) is 2.62. The number of hydrogen-bond donors (Lipinski definition) is 0. The molecule has 5 nitrogen and oxygen atoms in total. The van der Waals surface area contributed by atoms with Crippen LogP contribution in [0.3, 0.4) is 0 Å². The van der Waals surface area contributed by atoms with Gasteiger partial charge in [0.15, 0.2) is 0 Å². The van der Waals surface area contributed by atoms with E-state index in [0.29, 0.717) is 21.2 Å². The Morgan fingerprint density at radius 3 is 2.48 bits per heavy atom. The SMILES string of the molecule is O=C(/C=C/c1cccc([N+](=O)[O-])c1)OCc1c(Cl)cccc1Cl. The van der Waals surface area contributed by atoms with Crippen LogP contribution in [-0.2, 0) is 16.1 Å². The number of benzene rings is 2. The monoisotopic (exact) mass is 351 g/mol. The topological polar surface area (TPSA) is 69.4 Å². The minimum atomic E-state index is -0.604. The van der Waals surface area contributed by atoms with Gasteiger partial charge in [-0.15, -0.1) is 0 Å². The summed E-state index contributed by atoms with van der Waals surface area (Å²) in [6, 6.07) is 10.9. The van der Waals surface area contributed by atoms with Gasteiger partial charge in [-0.3, -0.25) is 10.1 Å². The van der Waals surface area contributed by atoms with Crippen LogP contribution in [0.2, 0.25) is 10.0 Å². The zero-order valence-corrected chi connectivity index (χ0v) is 13.3. The number of nitro benzene ring substituents is 1. The van der Waals surface area contributed by atoms with Gasteiger partial charge in [0.25, 0.3) is 5.69 Å². The number of hydrogen-bond acceptors (Lipinski definition) is 4. The zero-order chi connectivity index (χ0) is 16.8. The first-order valence-corrected chi connectivity index (χ1v) is 7.25. The Bertz CT molecular complexity index is 754. The van der Waals surface area contributed by atoms with E-state index in [9.17, 15) is 14.9 Å². The lowest BCUT2D eigenvalue weighted by molar-refractivity contribution is -0.384. The summed E-state index contributed by atoms with van der Waals surface area (Å²) in [5, 5.41) is 11.5. The van der Waals surface area contributed by atoms with Gasteiger partial charge in [-0.2, -0.15) is 0 Å². The Morgan fingerprint density at radius 2 is 1.83 bits per heavy atom. The summed E-state index contributed by atoms with van der Waals surface area (Å²) in [6.45, 7) is -0.0589. The van der Waals surface area contributed by atoms with Crippen molar-refractivity contribution in [1.82, 2.24) is 0 Å². The fourth-order valence-electron chi connectivity index (χ4n) is 1.77. The van der Waals surface area contributed by atoms with E-state index >= 15 is 0 Å². The van der Waals surface area contributed by atoms with Gasteiger partial charge in [0, 0.05) is 33.8 Å². The van der Waals surface area contributed by atoms with Crippen molar-refractivity contribution in [3.05, 3.63) is 79.8 Å². The van der Waals surface area contributed by atoms with Crippen LogP contribution in [0, 0.1) is 10.1 Å². The first kappa shape index (κ1) is 17.0. The van der Waals surface area contributed by atoms with Crippen LogP contribution in [-0.4, -0.2) is 10.9 Å². The minimum Gasteiger partial charge on any atom is -0.458 e. The Labute approximate surface area is 142 Å². The molecule has 7 heteroatoms. The number of ether oxygens (including phenoxy) is 1. The quantitative estimate of drug-likeness (QED) is 0.340. The van der Waals surface area contributed by atoms with Crippen molar-refractivity contribution in [1.29, 1.82) is 0 Å². The molecule has 0 N–H and O–H groups in total. The molecular formula is C16H11Cl2NO4. The van der Waals surface area contributed by atoms with Gasteiger partial charge in [-0.05, 0) is 23.8 Å². The second kappa shape index (κ2) is 7.76. The van der Waals surface area contributed by atoms with Gasteiger partial charge >= 0.3 is 5.97 Å². The van der Waals surface area contributed by atoms with Crippen molar-refractivity contribution in [2.45, 2.75) is 6.61 Å². The summed E-state index contributed by atoms with van der Waals surface area (Å²) in [5.74, 6) is -0.604. The van der Waals surface area contributed by atoms with Crippen molar-refractivity contribution in [3.63, 3.8) is 0 Å². The molecule has 0 amide bonds. The Morgan fingerprint density at radius 1 is 1.17 bits per heavy atom. The smallest absolute Gasteiger partial charge is 0.331 e. The predicted octanol–water partition coefficient (Wildman–Crippen LogP) is 4.66. The molecule has 0 aliphatic carbocycles. The normalized spacial score (nSPS) is 10.7. The molecule has 0 aromatic heterocycles. The molecule has 0 radical (unpaired) electrons. The molecule has 0 saturated heterocycles. The molecule has 0 spiro atoms. The third-order valence-corrected chi connectivity index (χ3v) is 3.62. The van der Waals surface area contributed by atoms with Gasteiger partial charge in [0.05, 0.1) is 4.92 Å². The lowest BCUT2D eigenvalue weighted by Gasteiger charge is -2.06. The second-order valence-electron chi connectivity index (χ2n) is 4.49. The largest absolute Gasteiger partial charge is 0.458 e. The third-order valence-electron chi connectivity index (χ3n) is 2.91. The van der Waals surface area contributed by atoms with Gasteiger partial charge in [0.1, 0.15) is 6.61 Å². The number of carbonyl (C=O) groups excluding carboxylic acids is 1. The number of esters is 1. The molecule has 2 aromatic carbocycles. The van der Waals surface area contributed by atoms with Crippen LogP contribution < -0.4 is 0 Å². The van der Waals surface area contributed by atoms with Crippen LogP contribution in [0.4, 0.5) is 5.69 Å². The van der Waals surface area contributed by atoms with E-state index < -0.39 is 10.9 Å². The number of carbonyl (C=O) groups is 1. The summed E-state index contributed by atoms with van der Waals surface area (Å²) < 4.78 is 5.06.